The fraction of sp³-hybridized carbons (Fsp3) is 0.671. The van der Waals surface area contributed by atoms with Crippen LogP contribution in [0.3, 0.4) is 0 Å². The van der Waals surface area contributed by atoms with Gasteiger partial charge in [0.05, 0.1) is 39.6 Å². The molecular formula is C82H114N2O8. The van der Waals surface area contributed by atoms with E-state index in [1.807, 2.05) is 20.8 Å². The van der Waals surface area contributed by atoms with Gasteiger partial charge in [-0.25, -0.2) is 4.79 Å². The lowest BCUT2D eigenvalue weighted by Gasteiger charge is -2.61. The zero-order chi connectivity index (χ0) is 64.9. The molecule has 0 aliphatic heterocycles. The third kappa shape index (κ3) is 13.5. The third-order valence-electron chi connectivity index (χ3n) is 27.3. The summed E-state index contributed by atoms with van der Waals surface area (Å²) in [5.74, 6) is 7.68. The lowest BCUT2D eigenvalue weighted by atomic mass is 9.44. The van der Waals surface area contributed by atoms with Gasteiger partial charge in [-0.05, 0) is 287 Å². The van der Waals surface area contributed by atoms with Crippen molar-refractivity contribution < 1.29 is 38.1 Å². The van der Waals surface area contributed by atoms with Gasteiger partial charge >= 0.3 is 18.0 Å². The van der Waals surface area contributed by atoms with E-state index in [4.69, 9.17) is 23.7 Å². The molecule has 5 aromatic rings. The summed E-state index contributed by atoms with van der Waals surface area (Å²) in [4.78, 5) is 37.1. The first kappa shape index (κ1) is 66.8. The van der Waals surface area contributed by atoms with Gasteiger partial charge in [-0.3, -0.25) is 9.59 Å². The number of amides is 1. The number of fused-ring (bicyclic) bond motifs is 11. The molecule has 92 heavy (non-hydrogen) atoms. The lowest BCUT2D eigenvalue weighted by molar-refractivity contribution is -0.142. The van der Waals surface area contributed by atoms with Crippen LogP contribution in [-0.4, -0.2) is 61.2 Å². The predicted molar refractivity (Wildman–Crippen MR) is 371 cm³/mol. The van der Waals surface area contributed by atoms with Gasteiger partial charge in [-0.2, -0.15) is 0 Å². The van der Waals surface area contributed by atoms with E-state index in [0.29, 0.717) is 90.4 Å². The number of carbonyl (C=O) groups is 3. The molecule has 8 unspecified atom stereocenters. The molecule has 0 radical (unpaired) electrons. The number of nitrogens with zero attached hydrogens (tertiary/aromatic N) is 1. The summed E-state index contributed by atoms with van der Waals surface area (Å²) in [7, 11) is 3.02. The van der Waals surface area contributed by atoms with Crippen molar-refractivity contribution in [3.63, 3.8) is 0 Å². The molecule has 1 heterocycles. The molecule has 0 saturated heterocycles. The topological polar surface area (TPSA) is 114 Å². The van der Waals surface area contributed by atoms with E-state index in [0.717, 1.165) is 89.8 Å². The minimum atomic E-state index is -0.587. The number of nitrogens with one attached hydrogen (secondary N) is 1. The second kappa shape index (κ2) is 27.1. The van der Waals surface area contributed by atoms with Crippen LogP contribution in [0.5, 0.6) is 0 Å². The Bertz CT molecular complexity index is 3430. The standard InChI is InChI=1S/C82H114N2O8/c1-52(19-31-75(85)88-11)54(3)79(7)37-35-70-61(49-79)21-24-62-47-64(33-38-80(62,70)8)90-50-55-15-13-17-57(43-55)59-22-26-66-67-27-23-60(46-74(67)84(73(66)45-59)42-41-83-77(87)92-78(4,5)6)58-18-14-16-56(44-58)51-91-65-34-39-81(9)63(48-65)25-28-68-71-30-29-69(53(2)20-32-76(86)89-12)82(71,10)40-36-72(68)81/h13-18,22-23,26-27,43-46,52-54,61-65,68-72H,19-21,24-25,28-42,47-51H2,1-12H3,(H,83,87)/t52-,53-,54?,61+,62-,63-,64-,65-,68+,69?,70?,71+,72?,79?,80?,81?,82?/m1/s1. The molecule has 1 N–H and O–H groups in total. The SMILES string of the molecule is COC(=O)CC[C@@H](C)C(C)C1(C)CCC2[C@@H](CC[C@@H]3C[C@H](OCc4cccc(-c5ccc6c7ccc(-c8cccc(CO[C@@H]9CCC%10(C)C%11CCC%12(C)C([C@H](C)CCC(=O)OC)CC[C@H]%12[C@@H]%11CC[C@@H]%10C9)c8)cc7n(CCNC(=O)OC(C)(C)C)c6c5)c4)CCC23C)C1. The monoisotopic (exact) mass is 1250 g/mol. The van der Waals surface area contributed by atoms with Gasteiger partial charge in [-0.15, -0.1) is 0 Å². The molecule has 10 heteroatoms. The molecule has 1 amide bonds. The predicted octanol–water partition coefficient (Wildman–Crippen LogP) is 19.9. The van der Waals surface area contributed by atoms with Crippen molar-refractivity contribution in [1.82, 2.24) is 9.88 Å². The second-order valence-corrected chi connectivity index (χ2v) is 33.3. The largest absolute Gasteiger partial charge is 0.469 e. The van der Waals surface area contributed by atoms with Crippen LogP contribution in [0, 0.1) is 86.8 Å². The van der Waals surface area contributed by atoms with E-state index in [-0.39, 0.29) is 24.1 Å². The molecule has 17 atom stereocenters. The Balaban J connectivity index is 0.694. The van der Waals surface area contributed by atoms with Gasteiger partial charge < -0.3 is 33.6 Å². The Hall–Kier alpha value is -5.19. The van der Waals surface area contributed by atoms with Crippen LogP contribution in [0.4, 0.5) is 4.79 Å². The molecule has 4 aromatic carbocycles. The fourth-order valence-electron chi connectivity index (χ4n) is 21.8. The molecule has 7 aliphatic rings. The van der Waals surface area contributed by atoms with Crippen LogP contribution in [0.15, 0.2) is 84.9 Å². The summed E-state index contributed by atoms with van der Waals surface area (Å²) in [6.07, 6.45) is 24.9. The highest BCUT2D eigenvalue weighted by Crippen LogP contribution is 2.69. The van der Waals surface area contributed by atoms with Crippen LogP contribution in [0.1, 0.15) is 215 Å². The number of esters is 2. The maximum Gasteiger partial charge on any atom is 0.407 e. The normalized spacial score (nSPS) is 32.9. The molecule has 12 rings (SSSR count). The summed E-state index contributed by atoms with van der Waals surface area (Å²) >= 11 is 0. The van der Waals surface area contributed by atoms with Crippen molar-refractivity contribution >= 4 is 39.8 Å². The molecular weight excluding hydrogens is 1140 g/mol. The highest BCUT2D eigenvalue weighted by atomic mass is 16.6. The number of benzene rings is 4. The fourth-order valence-corrected chi connectivity index (χ4v) is 21.8. The Morgan fingerprint density at radius 2 is 1.12 bits per heavy atom. The Kier molecular flexibility index (Phi) is 19.7. The third-order valence-corrected chi connectivity index (χ3v) is 27.3. The number of alkyl carbamates (subject to hydrolysis) is 1. The average molecular weight is 1260 g/mol. The number of hydrogen-bond acceptors (Lipinski definition) is 8. The molecule has 10 nitrogen and oxygen atoms in total. The summed E-state index contributed by atoms with van der Waals surface area (Å²) in [5, 5.41) is 5.44. The molecule has 7 aliphatic carbocycles. The summed E-state index contributed by atoms with van der Waals surface area (Å²) in [5.41, 5.74) is 10.3. The smallest absolute Gasteiger partial charge is 0.407 e. The first-order valence-electron chi connectivity index (χ1n) is 36.6. The van der Waals surface area contributed by atoms with Crippen molar-refractivity contribution in [3.05, 3.63) is 96.1 Å². The van der Waals surface area contributed by atoms with Crippen LogP contribution in [0.2, 0.25) is 0 Å². The van der Waals surface area contributed by atoms with Gasteiger partial charge in [0.15, 0.2) is 0 Å². The average Bonchev–Trinajstić information content (AvgIpc) is 1.28. The molecule has 1 aromatic heterocycles. The van der Waals surface area contributed by atoms with Crippen molar-refractivity contribution in [1.29, 1.82) is 0 Å². The number of hydrogen-bond donors (Lipinski definition) is 1. The van der Waals surface area contributed by atoms with Crippen LogP contribution < -0.4 is 5.32 Å². The minimum absolute atomic E-state index is 0.0662. The maximum atomic E-state index is 13.0. The number of methoxy groups -OCH3 is 2. The minimum Gasteiger partial charge on any atom is -0.469 e. The Morgan fingerprint density at radius 3 is 1.71 bits per heavy atom. The summed E-state index contributed by atoms with van der Waals surface area (Å²) in [6, 6.07) is 31.8. The van der Waals surface area contributed by atoms with E-state index in [9.17, 15) is 14.4 Å². The van der Waals surface area contributed by atoms with E-state index >= 15 is 0 Å². The van der Waals surface area contributed by atoms with Crippen LogP contribution >= 0.6 is 0 Å². The number of ether oxygens (including phenoxy) is 5. The van der Waals surface area contributed by atoms with E-state index in [2.05, 4.69) is 143 Å². The van der Waals surface area contributed by atoms with Gasteiger partial charge in [0.1, 0.15) is 5.60 Å². The number of carbonyl (C=O) groups excluding carboxylic acids is 3. The Morgan fingerprint density at radius 1 is 0.587 bits per heavy atom. The Labute approximate surface area is 552 Å². The lowest BCUT2D eigenvalue weighted by Crippen LogP contribution is -2.54. The van der Waals surface area contributed by atoms with Crippen LogP contribution in [0.25, 0.3) is 44.1 Å². The highest BCUT2D eigenvalue weighted by molar-refractivity contribution is 6.10. The van der Waals surface area contributed by atoms with Gasteiger partial charge in [0, 0.05) is 47.7 Å². The summed E-state index contributed by atoms with van der Waals surface area (Å²) in [6.45, 7) is 25.7. The second-order valence-electron chi connectivity index (χ2n) is 33.3. The van der Waals surface area contributed by atoms with E-state index < -0.39 is 11.7 Å². The van der Waals surface area contributed by atoms with Gasteiger partial charge in [-0.1, -0.05) is 109 Å². The maximum absolute atomic E-state index is 13.0. The first-order chi connectivity index (χ1) is 44.0. The summed E-state index contributed by atoms with van der Waals surface area (Å²) < 4.78 is 32.0. The van der Waals surface area contributed by atoms with Crippen molar-refractivity contribution in [3.8, 4) is 22.3 Å². The quantitative estimate of drug-likeness (QED) is 0.0605. The molecule has 0 spiro atoms. The number of rotatable bonds is 20. The van der Waals surface area contributed by atoms with E-state index in [1.165, 1.54) is 137 Å². The highest BCUT2D eigenvalue weighted by Gasteiger charge is 2.61. The zero-order valence-electron chi connectivity index (χ0n) is 58.5. The van der Waals surface area contributed by atoms with Crippen LogP contribution in [-0.2, 0) is 53.0 Å². The van der Waals surface area contributed by atoms with Crippen molar-refractivity contribution in [2.45, 2.75) is 242 Å². The van der Waals surface area contributed by atoms with Gasteiger partial charge in [0.2, 0.25) is 0 Å². The molecule has 7 fully saturated rings. The molecule has 500 valence electrons. The number of aromatic nitrogens is 1. The van der Waals surface area contributed by atoms with Crippen molar-refractivity contribution in [2.75, 3.05) is 20.8 Å². The molecule has 0 bridgehead atoms. The van der Waals surface area contributed by atoms with E-state index in [1.54, 1.807) is 0 Å². The van der Waals surface area contributed by atoms with Gasteiger partial charge in [0.25, 0.3) is 0 Å². The van der Waals surface area contributed by atoms with Crippen molar-refractivity contribution in [2.24, 2.45) is 86.8 Å². The zero-order valence-corrected chi connectivity index (χ0v) is 58.5. The first-order valence-corrected chi connectivity index (χ1v) is 36.6. The molecule has 7 saturated carbocycles.